The quantitative estimate of drug-likeness (QED) is 0.654. The lowest BCUT2D eigenvalue weighted by molar-refractivity contribution is -0.137. The first kappa shape index (κ1) is 21.9. The molecule has 1 amide bonds. The zero-order valence-corrected chi connectivity index (χ0v) is 17.0. The van der Waals surface area contributed by atoms with E-state index in [2.05, 4.69) is 0 Å². The zero-order chi connectivity index (χ0) is 21.1. The third kappa shape index (κ3) is 4.54. The number of carbonyl (C=O) groups is 1. The largest absolute Gasteiger partial charge is 0.373 e. The van der Waals surface area contributed by atoms with Crippen molar-refractivity contribution in [2.24, 2.45) is 5.92 Å². The highest BCUT2D eigenvalue weighted by molar-refractivity contribution is 6.40. The Hall–Kier alpha value is -1.77. The van der Waals surface area contributed by atoms with E-state index in [0.717, 1.165) is 17.0 Å². The minimum absolute atomic E-state index is 0.0482. The van der Waals surface area contributed by atoms with Gasteiger partial charge in [-0.25, -0.2) is 8.78 Å². The number of anilines is 1. The molecule has 0 bridgehead atoms. The molecule has 3 rings (SSSR count). The Balaban J connectivity index is 2.01. The van der Waals surface area contributed by atoms with Crippen LogP contribution in [0.5, 0.6) is 0 Å². The fraction of sp³-hybridized carbons (Fsp3) is 0.350. The predicted octanol–water partition coefficient (Wildman–Crippen LogP) is 4.69. The van der Waals surface area contributed by atoms with Crippen LogP contribution in [0.1, 0.15) is 24.5 Å². The van der Waals surface area contributed by atoms with E-state index >= 15 is 0 Å². The van der Waals surface area contributed by atoms with E-state index in [9.17, 15) is 18.7 Å². The Morgan fingerprint density at radius 2 is 1.93 bits per heavy atom. The predicted molar refractivity (Wildman–Crippen MR) is 105 cm³/mol. The molecule has 2 aromatic carbocycles. The van der Waals surface area contributed by atoms with Gasteiger partial charge in [-0.2, -0.15) is 0 Å². The lowest BCUT2D eigenvalue weighted by Crippen LogP contribution is -2.51. The smallest absolute Gasteiger partial charge is 0.229 e. The summed E-state index contributed by atoms with van der Waals surface area (Å²) in [5.41, 5.74) is 0.218. The molecule has 0 spiro atoms. The molecular formula is C20H19Cl2F2NO4. The van der Waals surface area contributed by atoms with Crippen molar-refractivity contribution in [3.8, 4) is 0 Å². The van der Waals surface area contributed by atoms with Crippen molar-refractivity contribution < 1.29 is 28.2 Å². The van der Waals surface area contributed by atoms with Gasteiger partial charge in [0.1, 0.15) is 24.7 Å². The standard InChI is InChI=1S/C20H19Cl2F2NO4/c1-28-10-29-19(12-6-5-11(23)9-16(12)24)13-7-8-17(26)25(20(13)27)18-14(21)3-2-4-15(18)22/h2-6,9,13,19-20,27H,7-8,10H2,1H3. The van der Waals surface area contributed by atoms with E-state index in [-0.39, 0.29) is 46.8 Å². The fourth-order valence-corrected chi connectivity index (χ4v) is 4.08. The van der Waals surface area contributed by atoms with Crippen molar-refractivity contribution in [3.63, 3.8) is 0 Å². The van der Waals surface area contributed by atoms with Gasteiger partial charge in [0.05, 0.1) is 21.8 Å². The number of carbonyl (C=O) groups excluding carboxylic acids is 1. The van der Waals surface area contributed by atoms with Crippen LogP contribution < -0.4 is 4.90 Å². The van der Waals surface area contributed by atoms with E-state index < -0.39 is 29.9 Å². The summed E-state index contributed by atoms with van der Waals surface area (Å²) < 4.78 is 38.4. The van der Waals surface area contributed by atoms with Crippen LogP contribution in [-0.2, 0) is 14.3 Å². The molecule has 1 N–H and O–H groups in total. The van der Waals surface area contributed by atoms with Crippen LogP contribution in [0, 0.1) is 17.6 Å². The second kappa shape index (κ2) is 9.36. The SMILES string of the molecule is COCOC(c1ccc(F)cc1F)C1CCC(=O)N(c2c(Cl)cccc2Cl)C1O. The first-order chi connectivity index (χ1) is 13.8. The van der Waals surface area contributed by atoms with Crippen molar-refractivity contribution in [2.75, 3.05) is 18.8 Å². The van der Waals surface area contributed by atoms with Gasteiger partial charge in [0.2, 0.25) is 5.91 Å². The number of para-hydroxylation sites is 1. The Labute approximate surface area is 176 Å². The monoisotopic (exact) mass is 445 g/mol. The minimum atomic E-state index is -1.40. The number of rotatable bonds is 6. The highest BCUT2D eigenvalue weighted by Gasteiger charge is 2.42. The van der Waals surface area contributed by atoms with Crippen LogP contribution >= 0.6 is 23.2 Å². The van der Waals surface area contributed by atoms with Crippen LogP contribution in [0.25, 0.3) is 0 Å². The number of amides is 1. The Bertz CT molecular complexity index is 879. The summed E-state index contributed by atoms with van der Waals surface area (Å²) in [5.74, 6) is -2.68. The normalized spacial score (nSPS) is 20.8. The molecular weight excluding hydrogens is 427 g/mol. The maximum absolute atomic E-state index is 14.5. The lowest BCUT2D eigenvalue weighted by Gasteiger charge is -2.41. The van der Waals surface area contributed by atoms with Crippen LogP contribution in [0.15, 0.2) is 36.4 Å². The molecule has 2 aromatic rings. The van der Waals surface area contributed by atoms with Crippen LogP contribution in [0.2, 0.25) is 10.0 Å². The van der Waals surface area contributed by atoms with Gasteiger partial charge >= 0.3 is 0 Å². The van der Waals surface area contributed by atoms with Crippen LogP contribution in [0.3, 0.4) is 0 Å². The summed E-state index contributed by atoms with van der Waals surface area (Å²) in [6.45, 7) is -0.189. The Morgan fingerprint density at radius 3 is 2.55 bits per heavy atom. The summed E-state index contributed by atoms with van der Waals surface area (Å²) in [7, 11) is 1.40. The molecule has 0 aliphatic carbocycles. The van der Waals surface area contributed by atoms with Crippen molar-refractivity contribution in [1.29, 1.82) is 0 Å². The molecule has 1 fully saturated rings. The Kier molecular flexibility index (Phi) is 7.08. The topological polar surface area (TPSA) is 59.0 Å². The van der Waals surface area contributed by atoms with Crippen LogP contribution in [0.4, 0.5) is 14.5 Å². The number of benzene rings is 2. The molecule has 5 nitrogen and oxygen atoms in total. The van der Waals surface area contributed by atoms with Gasteiger partial charge in [0.25, 0.3) is 0 Å². The summed E-state index contributed by atoms with van der Waals surface area (Å²) in [5, 5.41) is 11.4. The molecule has 1 heterocycles. The lowest BCUT2D eigenvalue weighted by atomic mass is 9.86. The molecule has 1 aliphatic heterocycles. The van der Waals surface area contributed by atoms with E-state index in [1.807, 2.05) is 0 Å². The molecule has 156 valence electrons. The average molecular weight is 446 g/mol. The molecule has 9 heteroatoms. The van der Waals surface area contributed by atoms with Gasteiger partial charge in [-0.05, 0) is 24.6 Å². The highest BCUT2D eigenvalue weighted by Crippen LogP contribution is 2.43. The number of piperidine rings is 1. The molecule has 3 unspecified atom stereocenters. The molecule has 3 atom stereocenters. The second-order valence-electron chi connectivity index (χ2n) is 6.61. The van der Waals surface area contributed by atoms with Crippen molar-refractivity contribution in [2.45, 2.75) is 25.2 Å². The number of nitrogens with zero attached hydrogens (tertiary/aromatic N) is 1. The second-order valence-corrected chi connectivity index (χ2v) is 7.42. The van der Waals surface area contributed by atoms with E-state index in [1.165, 1.54) is 13.2 Å². The minimum Gasteiger partial charge on any atom is -0.373 e. The number of ether oxygens (including phenoxy) is 2. The first-order valence-corrected chi connectivity index (χ1v) is 9.60. The first-order valence-electron chi connectivity index (χ1n) is 8.84. The molecule has 1 saturated heterocycles. The number of methoxy groups -OCH3 is 1. The van der Waals surface area contributed by atoms with Gasteiger partial charge < -0.3 is 14.6 Å². The molecule has 0 aromatic heterocycles. The number of aliphatic hydroxyl groups excluding tert-OH is 1. The number of halogens is 4. The summed E-state index contributed by atoms with van der Waals surface area (Å²) in [6.07, 6.45) is -2.13. The third-order valence-corrected chi connectivity index (χ3v) is 5.42. The Morgan fingerprint density at radius 1 is 1.24 bits per heavy atom. The summed E-state index contributed by atoms with van der Waals surface area (Å²) >= 11 is 12.4. The molecule has 29 heavy (non-hydrogen) atoms. The maximum atomic E-state index is 14.5. The van der Waals surface area contributed by atoms with Gasteiger partial charge in [0, 0.05) is 31.1 Å². The van der Waals surface area contributed by atoms with Crippen LogP contribution in [-0.4, -0.2) is 31.1 Å². The summed E-state index contributed by atoms with van der Waals surface area (Å²) in [4.78, 5) is 13.7. The number of hydrogen-bond donors (Lipinski definition) is 1. The van der Waals surface area contributed by atoms with E-state index in [0.29, 0.717) is 0 Å². The third-order valence-electron chi connectivity index (χ3n) is 4.81. The fourth-order valence-electron chi connectivity index (χ4n) is 3.50. The van der Waals surface area contributed by atoms with Gasteiger partial charge in [-0.1, -0.05) is 35.3 Å². The van der Waals surface area contributed by atoms with Crippen molar-refractivity contribution in [1.82, 2.24) is 0 Å². The van der Waals surface area contributed by atoms with E-state index in [4.69, 9.17) is 32.7 Å². The van der Waals surface area contributed by atoms with Crippen molar-refractivity contribution in [3.05, 3.63) is 63.6 Å². The molecule has 1 aliphatic rings. The number of aliphatic hydroxyl groups is 1. The van der Waals surface area contributed by atoms with Gasteiger partial charge in [0.15, 0.2) is 0 Å². The zero-order valence-electron chi connectivity index (χ0n) is 15.4. The van der Waals surface area contributed by atoms with E-state index in [1.54, 1.807) is 18.2 Å². The van der Waals surface area contributed by atoms with Gasteiger partial charge in [-0.15, -0.1) is 0 Å². The molecule has 0 saturated carbocycles. The summed E-state index contributed by atoms with van der Waals surface area (Å²) in [6, 6.07) is 7.80. The molecule has 0 radical (unpaired) electrons. The highest BCUT2D eigenvalue weighted by atomic mass is 35.5. The average Bonchev–Trinajstić information content (AvgIpc) is 2.66. The number of hydrogen-bond acceptors (Lipinski definition) is 4. The van der Waals surface area contributed by atoms with Gasteiger partial charge in [-0.3, -0.25) is 9.69 Å². The van der Waals surface area contributed by atoms with Crippen molar-refractivity contribution >= 4 is 34.8 Å². The maximum Gasteiger partial charge on any atom is 0.229 e.